The molecule has 0 radical (unpaired) electrons. The van der Waals surface area contributed by atoms with Crippen molar-refractivity contribution < 1.29 is 13.9 Å². The van der Waals surface area contributed by atoms with Gasteiger partial charge in [-0.05, 0) is 17.0 Å². The van der Waals surface area contributed by atoms with Crippen molar-refractivity contribution in [1.29, 1.82) is 0 Å². The topological polar surface area (TPSA) is 20.2 Å². The summed E-state index contributed by atoms with van der Waals surface area (Å²) in [5, 5.41) is 8.88. The lowest BCUT2D eigenvalue weighted by molar-refractivity contribution is -0.0556. The number of rotatable bonds is 2. The van der Waals surface area contributed by atoms with Crippen LogP contribution in [0, 0.1) is 0 Å². The summed E-state index contributed by atoms with van der Waals surface area (Å²) in [6, 6.07) is 4.11. The predicted molar refractivity (Wildman–Crippen MR) is 61.1 cm³/mol. The third kappa shape index (κ3) is 2.71. The number of hydrogen-bond donors (Lipinski definition) is 1. The van der Waals surface area contributed by atoms with Crippen molar-refractivity contribution in [2.24, 2.45) is 0 Å². The van der Waals surface area contributed by atoms with E-state index >= 15 is 0 Å². The van der Waals surface area contributed by atoms with Gasteiger partial charge in [-0.25, -0.2) is 0 Å². The molecule has 0 saturated carbocycles. The second-order valence-electron chi connectivity index (χ2n) is 4.81. The Bertz CT molecular complexity index is 383. The second-order valence-corrected chi connectivity index (χ2v) is 5.21. The largest absolute Gasteiger partial charge is 0.390 e. The zero-order valence-corrected chi connectivity index (χ0v) is 10.3. The van der Waals surface area contributed by atoms with Gasteiger partial charge in [-0.2, -0.15) is 8.78 Å². The van der Waals surface area contributed by atoms with Crippen molar-refractivity contribution in [2.45, 2.75) is 32.1 Å². The zero-order chi connectivity index (χ0) is 12.6. The number of aliphatic hydroxyl groups is 1. The van der Waals surface area contributed by atoms with Crippen LogP contribution in [0.3, 0.4) is 0 Å². The first-order valence-corrected chi connectivity index (χ1v) is 5.35. The third-order valence-corrected chi connectivity index (χ3v) is 2.71. The van der Waals surface area contributed by atoms with Crippen LogP contribution in [0.15, 0.2) is 18.2 Å². The molecule has 0 heterocycles. The molecule has 1 rings (SSSR count). The van der Waals surface area contributed by atoms with Crippen LogP contribution in [0.4, 0.5) is 8.78 Å². The van der Waals surface area contributed by atoms with Crippen LogP contribution in [-0.4, -0.2) is 11.7 Å². The molecule has 0 unspecified atom stereocenters. The Morgan fingerprint density at radius 1 is 1.25 bits per heavy atom. The van der Waals surface area contributed by atoms with Crippen molar-refractivity contribution in [2.75, 3.05) is 6.61 Å². The van der Waals surface area contributed by atoms with Gasteiger partial charge in [0, 0.05) is 10.6 Å². The molecule has 90 valence electrons. The number of alkyl halides is 2. The fourth-order valence-corrected chi connectivity index (χ4v) is 1.91. The van der Waals surface area contributed by atoms with Crippen LogP contribution < -0.4 is 0 Å². The molecule has 0 spiro atoms. The smallest absolute Gasteiger partial charge is 0.295 e. The highest BCUT2D eigenvalue weighted by Gasteiger charge is 2.31. The number of benzene rings is 1. The first kappa shape index (κ1) is 13.4. The molecule has 4 heteroatoms. The molecule has 1 N–H and O–H groups in total. The van der Waals surface area contributed by atoms with Gasteiger partial charge in [0.2, 0.25) is 0 Å². The van der Waals surface area contributed by atoms with Gasteiger partial charge < -0.3 is 5.11 Å². The molecule has 0 aliphatic carbocycles. The molecule has 16 heavy (non-hydrogen) atoms. The number of halogens is 3. The first-order chi connectivity index (χ1) is 7.18. The second kappa shape index (κ2) is 4.30. The molecule has 1 nitrogen and oxygen atoms in total. The highest BCUT2D eigenvalue weighted by Crippen LogP contribution is 2.34. The molecule has 1 aromatic carbocycles. The van der Waals surface area contributed by atoms with E-state index in [0.29, 0.717) is 5.02 Å². The molecule has 0 aliphatic heterocycles. The summed E-state index contributed by atoms with van der Waals surface area (Å²) in [5.41, 5.74) is 0.365. The van der Waals surface area contributed by atoms with E-state index in [1.165, 1.54) is 12.1 Å². The molecular weight excluding hydrogens is 234 g/mol. The van der Waals surface area contributed by atoms with Gasteiger partial charge in [0.05, 0.1) is 0 Å². The molecule has 0 saturated heterocycles. The maximum Gasteiger partial charge on any atom is 0.295 e. The number of hydrogen-bond acceptors (Lipinski definition) is 1. The first-order valence-electron chi connectivity index (χ1n) is 4.97. The van der Waals surface area contributed by atoms with Crippen LogP contribution in [0.25, 0.3) is 0 Å². The average Bonchev–Trinajstić information content (AvgIpc) is 2.15. The van der Waals surface area contributed by atoms with E-state index in [2.05, 4.69) is 0 Å². The quantitative estimate of drug-likeness (QED) is 0.846. The fourth-order valence-electron chi connectivity index (χ4n) is 1.44. The normalized spacial score (nSPS) is 12.9. The minimum atomic E-state index is -3.24. The van der Waals surface area contributed by atoms with Crippen molar-refractivity contribution in [1.82, 2.24) is 0 Å². The minimum Gasteiger partial charge on any atom is -0.390 e. The Balaban J connectivity index is 3.20. The maximum atomic E-state index is 13.2. The molecule has 0 amide bonds. The lowest BCUT2D eigenvalue weighted by atomic mass is 9.86. The van der Waals surface area contributed by atoms with Crippen molar-refractivity contribution >= 4 is 11.6 Å². The summed E-state index contributed by atoms with van der Waals surface area (Å²) in [6.45, 7) is 4.66. The van der Waals surface area contributed by atoms with E-state index < -0.39 is 12.5 Å². The van der Waals surface area contributed by atoms with E-state index in [9.17, 15) is 8.78 Å². The molecule has 0 fully saturated rings. The van der Waals surface area contributed by atoms with Gasteiger partial charge in [0.15, 0.2) is 0 Å². The van der Waals surface area contributed by atoms with E-state index in [4.69, 9.17) is 16.7 Å². The maximum absolute atomic E-state index is 13.2. The lowest BCUT2D eigenvalue weighted by Crippen LogP contribution is -2.19. The van der Waals surface area contributed by atoms with E-state index in [1.54, 1.807) is 6.07 Å². The lowest BCUT2D eigenvalue weighted by Gasteiger charge is -2.22. The van der Waals surface area contributed by atoms with Gasteiger partial charge in [-0.1, -0.05) is 44.5 Å². The van der Waals surface area contributed by atoms with Gasteiger partial charge >= 0.3 is 0 Å². The van der Waals surface area contributed by atoms with E-state index in [-0.39, 0.29) is 11.0 Å². The predicted octanol–water partition coefficient (Wildman–Crippen LogP) is 3.72. The molecular formula is C12H15ClF2O. The highest BCUT2D eigenvalue weighted by molar-refractivity contribution is 6.31. The minimum absolute atomic E-state index is 0.190. The van der Waals surface area contributed by atoms with Crippen molar-refractivity contribution in [3.8, 4) is 0 Å². The summed E-state index contributed by atoms with van der Waals surface area (Å²) >= 11 is 5.96. The fraction of sp³-hybridized carbons (Fsp3) is 0.500. The van der Waals surface area contributed by atoms with Gasteiger partial charge in [-0.15, -0.1) is 0 Å². The highest BCUT2D eigenvalue weighted by atomic mass is 35.5. The summed E-state index contributed by atoms with van der Waals surface area (Å²) in [7, 11) is 0. The third-order valence-electron chi connectivity index (χ3n) is 2.40. The van der Waals surface area contributed by atoms with Gasteiger partial charge in [0.1, 0.15) is 6.61 Å². The Morgan fingerprint density at radius 3 is 2.19 bits per heavy atom. The summed E-state index contributed by atoms with van der Waals surface area (Å²) in [4.78, 5) is 0. The summed E-state index contributed by atoms with van der Waals surface area (Å²) in [5.74, 6) is -3.24. The SMILES string of the molecule is CC(C)(C)c1ccc(C(F)(F)CO)cc1Cl. The molecule has 0 bridgehead atoms. The van der Waals surface area contributed by atoms with Crippen LogP contribution >= 0.6 is 11.6 Å². The zero-order valence-electron chi connectivity index (χ0n) is 9.52. The van der Waals surface area contributed by atoms with Crippen LogP contribution in [0.2, 0.25) is 5.02 Å². The molecule has 0 atom stereocenters. The monoisotopic (exact) mass is 248 g/mol. The number of aliphatic hydroxyl groups excluding tert-OH is 1. The van der Waals surface area contributed by atoms with Gasteiger partial charge in [0.25, 0.3) is 5.92 Å². The summed E-state index contributed by atoms with van der Waals surface area (Å²) < 4.78 is 26.4. The average molecular weight is 249 g/mol. The van der Waals surface area contributed by atoms with Crippen LogP contribution in [0.5, 0.6) is 0 Å². The van der Waals surface area contributed by atoms with E-state index in [0.717, 1.165) is 5.56 Å². The summed E-state index contributed by atoms with van der Waals surface area (Å²) in [6.07, 6.45) is 0. The Morgan fingerprint density at radius 2 is 1.81 bits per heavy atom. The van der Waals surface area contributed by atoms with Crippen molar-refractivity contribution in [3.63, 3.8) is 0 Å². The molecule has 1 aromatic rings. The Kier molecular flexibility index (Phi) is 3.60. The van der Waals surface area contributed by atoms with Gasteiger partial charge in [-0.3, -0.25) is 0 Å². The Labute approximate surface area is 99.0 Å². The van der Waals surface area contributed by atoms with E-state index in [1.807, 2.05) is 20.8 Å². The van der Waals surface area contributed by atoms with Crippen molar-refractivity contribution in [3.05, 3.63) is 34.3 Å². The van der Waals surface area contributed by atoms with Crippen LogP contribution in [0.1, 0.15) is 31.9 Å². The standard InChI is InChI=1S/C12H15ClF2O/c1-11(2,3)9-5-4-8(6-10(9)13)12(14,15)7-16/h4-6,16H,7H2,1-3H3. The van der Waals surface area contributed by atoms with Crippen LogP contribution in [-0.2, 0) is 11.3 Å². The molecule has 0 aromatic heterocycles. The molecule has 0 aliphatic rings. The Hall–Kier alpha value is -0.670.